The normalized spacial score (nSPS) is 11.1. The number of anilines is 1. The van der Waals surface area contributed by atoms with Crippen molar-refractivity contribution in [3.8, 4) is 0 Å². The van der Waals surface area contributed by atoms with Crippen LogP contribution in [0.5, 0.6) is 0 Å². The number of benzene rings is 1. The maximum Gasteiger partial charge on any atom is 0.267 e. The van der Waals surface area contributed by atoms with Gasteiger partial charge in [-0.15, -0.1) is 18.3 Å². The lowest BCUT2D eigenvalue weighted by molar-refractivity contribution is -0.124. The third-order valence-corrected chi connectivity index (χ3v) is 5.05. The number of hydrogen-bond donors (Lipinski definition) is 3. The van der Waals surface area contributed by atoms with Gasteiger partial charge in [-0.05, 0) is 49.7 Å². The van der Waals surface area contributed by atoms with Crippen LogP contribution in [-0.4, -0.2) is 47.9 Å². The average Bonchev–Trinajstić information content (AvgIpc) is 2.67. The minimum atomic E-state index is -0.539. The third kappa shape index (κ3) is 8.56. The van der Waals surface area contributed by atoms with Crippen LogP contribution in [0.3, 0.4) is 0 Å². The van der Waals surface area contributed by atoms with Crippen molar-refractivity contribution in [2.75, 3.05) is 37.2 Å². The molecule has 5 nitrogen and oxygen atoms in total. The van der Waals surface area contributed by atoms with Gasteiger partial charge in [-0.25, -0.2) is 5.48 Å². The maximum atomic E-state index is 11.2. The number of nitrogens with zero attached hydrogens (tertiary/aromatic N) is 1. The molecule has 1 rings (SSSR count). The van der Waals surface area contributed by atoms with Crippen LogP contribution in [0.4, 0.5) is 5.69 Å². The molecule has 26 heavy (non-hydrogen) atoms. The molecule has 0 bridgehead atoms. The van der Waals surface area contributed by atoms with Gasteiger partial charge in [0.05, 0.1) is 0 Å². The van der Waals surface area contributed by atoms with Gasteiger partial charge < -0.3 is 10.2 Å². The first kappa shape index (κ1) is 22.3. The summed E-state index contributed by atoms with van der Waals surface area (Å²) in [5.74, 6) is 0.494. The van der Waals surface area contributed by atoms with Gasteiger partial charge in [0.1, 0.15) is 0 Å². The van der Waals surface area contributed by atoms with E-state index in [0.29, 0.717) is 0 Å². The number of rotatable bonds is 13. The molecule has 1 aromatic carbocycles. The number of amides is 1. The lowest BCUT2D eigenvalue weighted by Crippen LogP contribution is -2.25. The zero-order chi connectivity index (χ0) is 19.2. The van der Waals surface area contributed by atoms with Gasteiger partial charge in [0, 0.05) is 35.5 Å². The summed E-state index contributed by atoms with van der Waals surface area (Å²) in [5.41, 5.74) is 3.58. The van der Waals surface area contributed by atoms with Gasteiger partial charge in [-0.1, -0.05) is 26.0 Å². The Morgan fingerprint density at radius 2 is 2.12 bits per heavy atom. The highest BCUT2D eigenvalue weighted by molar-refractivity contribution is 7.99. The van der Waals surface area contributed by atoms with Gasteiger partial charge >= 0.3 is 0 Å². The van der Waals surface area contributed by atoms with Crippen molar-refractivity contribution in [1.29, 1.82) is 0 Å². The molecule has 0 radical (unpaired) electrons. The van der Waals surface area contributed by atoms with Crippen LogP contribution in [0, 0.1) is 0 Å². The molecule has 1 amide bonds. The van der Waals surface area contributed by atoms with Crippen LogP contribution in [0.2, 0.25) is 0 Å². The summed E-state index contributed by atoms with van der Waals surface area (Å²) in [6, 6.07) is 6.10. The second-order valence-electron chi connectivity index (χ2n) is 5.80. The van der Waals surface area contributed by atoms with Crippen molar-refractivity contribution in [2.24, 2.45) is 0 Å². The van der Waals surface area contributed by atoms with E-state index in [9.17, 15) is 4.79 Å². The quantitative estimate of drug-likeness (QED) is 0.121. The number of carbonyl (C=O) groups is 1. The Kier molecular flexibility index (Phi) is 11.5. The summed E-state index contributed by atoms with van der Waals surface area (Å²) in [6.07, 6.45) is 6.93. The van der Waals surface area contributed by atoms with E-state index in [0.717, 1.165) is 56.0 Å². The molecule has 0 fully saturated rings. The van der Waals surface area contributed by atoms with E-state index < -0.39 is 5.91 Å². The Morgan fingerprint density at radius 1 is 1.35 bits per heavy atom. The molecule has 6 heteroatoms. The molecule has 0 atom stereocenters. The Balaban J connectivity index is 2.79. The highest BCUT2D eigenvalue weighted by Crippen LogP contribution is 2.29. The molecule has 0 unspecified atom stereocenters. The Morgan fingerprint density at radius 3 is 2.77 bits per heavy atom. The van der Waals surface area contributed by atoms with E-state index in [1.807, 2.05) is 30.0 Å². The Bertz CT molecular complexity index is 586. The van der Waals surface area contributed by atoms with Crippen molar-refractivity contribution in [3.05, 3.63) is 42.5 Å². The van der Waals surface area contributed by atoms with Gasteiger partial charge in [0.25, 0.3) is 5.91 Å². The topological polar surface area (TPSA) is 64.6 Å². The van der Waals surface area contributed by atoms with Crippen molar-refractivity contribution in [3.63, 3.8) is 0 Å². The Hall–Kier alpha value is -1.76. The summed E-state index contributed by atoms with van der Waals surface area (Å²) >= 11 is 1.84. The summed E-state index contributed by atoms with van der Waals surface area (Å²) in [4.78, 5) is 14.8. The number of hydroxylamine groups is 1. The molecule has 0 spiro atoms. The molecule has 0 saturated heterocycles. The van der Waals surface area contributed by atoms with Crippen molar-refractivity contribution in [2.45, 2.75) is 31.6 Å². The third-order valence-electron chi connectivity index (χ3n) is 4.00. The van der Waals surface area contributed by atoms with Gasteiger partial charge in [-0.2, -0.15) is 0 Å². The predicted molar refractivity (Wildman–Crippen MR) is 112 cm³/mol. The minimum absolute atomic E-state index is 0.539. The number of allylic oxidation sites excluding steroid dienone is 1. The molecule has 0 heterocycles. The summed E-state index contributed by atoms with van der Waals surface area (Å²) in [7, 11) is 0. The van der Waals surface area contributed by atoms with Gasteiger partial charge in [0.15, 0.2) is 0 Å². The number of unbranched alkanes of at least 4 members (excludes halogenated alkanes) is 1. The molecule has 0 aliphatic carbocycles. The molecular formula is C20H31N3O2S. The fourth-order valence-electron chi connectivity index (χ4n) is 2.42. The van der Waals surface area contributed by atoms with E-state index in [1.54, 1.807) is 11.6 Å². The fourth-order valence-corrected chi connectivity index (χ4v) is 3.44. The minimum Gasteiger partial charge on any atom is -0.384 e. The van der Waals surface area contributed by atoms with E-state index in [-0.39, 0.29) is 0 Å². The smallest absolute Gasteiger partial charge is 0.267 e. The van der Waals surface area contributed by atoms with Crippen molar-refractivity contribution < 1.29 is 10.0 Å². The van der Waals surface area contributed by atoms with Crippen molar-refractivity contribution in [1.82, 2.24) is 10.4 Å². The van der Waals surface area contributed by atoms with E-state index in [2.05, 4.69) is 36.7 Å². The lowest BCUT2D eigenvalue weighted by Gasteiger charge is -2.18. The van der Waals surface area contributed by atoms with Gasteiger partial charge in [0.2, 0.25) is 0 Å². The first-order valence-electron chi connectivity index (χ1n) is 9.10. The fraction of sp³-hybridized carbons (Fsp3) is 0.450. The molecule has 0 aromatic heterocycles. The SMILES string of the molecule is C=CCCCNc1cc(/C=C/C(=O)NO)ccc1SCCN(CC)CC. The highest BCUT2D eigenvalue weighted by Gasteiger charge is 2.06. The van der Waals surface area contributed by atoms with E-state index in [4.69, 9.17) is 5.21 Å². The van der Waals surface area contributed by atoms with Crippen LogP contribution in [-0.2, 0) is 4.79 Å². The number of carbonyl (C=O) groups excluding carboxylic acids is 1. The highest BCUT2D eigenvalue weighted by atomic mass is 32.2. The van der Waals surface area contributed by atoms with Gasteiger partial charge in [-0.3, -0.25) is 10.0 Å². The number of nitrogens with one attached hydrogen (secondary N) is 2. The molecule has 0 aliphatic rings. The number of thioether (sulfide) groups is 1. The molecule has 144 valence electrons. The largest absolute Gasteiger partial charge is 0.384 e. The van der Waals surface area contributed by atoms with Crippen molar-refractivity contribution >= 4 is 29.4 Å². The molecule has 0 aliphatic heterocycles. The first-order valence-corrected chi connectivity index (χ1v) is 10.1. The standard InChI is InChI=1S/C20H31N3O2S/c1-4-7-8-13-21-18-16-17(10-12-20(24)22-25)9-11-19(18)26-15-14-23(5-2)6-3/h4,9-12,16,21,25H,1,5-8,13-15H2,2-3H3,(H,22,24)/b12-10+. The van der Waals surface area contributed by atoms with E-state index in [1.165, 1.54) is 11.0 Å². The zero-order valence-electron chi connectivity index (χ0n) is 15.8. The predicted octanol–water partition coefficient (Wildman–Crippen LogP) is 4.02. The lowest BCUT2D eigenvalue weighted by atomic mass is 10.1. The number of hydrogen-bond acceptors (Lipinski definition) is 5. The summed E-state index contributed by atoms with van der Waals surface area (Å²) < 4.78 is 0. The average molecular weight is 378 g/mol. The van der Waals surface area contributed by atoms with E-state index >= 15 is 0 Å². The molecule has 3 N–H and O–H groups in total. The zero-order valence-corrected chi connectivity index (χ0v) is 16.6. The summed E-state index contributed by atoms with van der Waals surface area (Å²) in [6.45, 7) is 12.2. The monoisotopic (exact) mass is 377 g/mol. The van der Waals surface area contributed by atoms with Crippen LogP contribution in [0.25, 0.3) is 6.08 Å². The molecule has 1 aromatic rings. The summed E-state index contributed by atoms with van der Waals surface area (Å²) in [5, 5.41) is 12.1. The molecule has 0 saturated carbocycles. The Labute approximate surface area is 161 Å². The first-order chi connectivity index (χ1) is 12.6. The van der Waals surface area contributed by atoms with Crippen LogP contribution in [0.1, 0.15) is 32.3 Å². The second-order valence-corrected chi connectivity index (χ2v) is 6.93. The second kappa shape index (κ2) is 13.4. The van der Waals surface area contributed by atoms with Crippen LogP contribution < -0.4 is 10.8 Å². The van der Waals surface area contributed by atoms with Crippen LogP contribution in [0.15, 0.2) is 41.8 Å². The van der Waals surface area contributed by atoms with Crippen LogP contribution >= 0.6 is 11.8 Å². The maximum absolute atomic E-state index is 11.2. The molecular weight excluding hydrogens is 346 g/mol.